The molecule has 1 rings (SSSR count). The van der Waals surface area contributed by atoms with Crippen LogP contribution in [0.2, 0.25) is 0 Å². The Morgan fingerprint density at radius 1 is 1.25 bits per heavy atom. The van der Waals surface area contributed by atoms with Crippen molar-refractivity contribution < 1.29 is 14.3 Å². The molecule has 1 N–H and O–H groups in total. The predicted molar refractivity (Wildman–Crippen MR) is 79.3 cm³/mol. The van der Waals surface area contributed by atoms with Gasteiger partial charge in [-0.15, -0.1) is 0 Å². The highest BCUT2D eigenvalue weighted by Gasteiger charge is 2.16. The van der Waals surface area contributed by atoms with Gasteiger partial charge in [0.1, 0.15) is 0 Å². The zero-order valence-electron chi connectivity index (χ0n) is 12.4. The standard InChI is InChI=1S/C16H21NO3/c1-5-20-14(18)11-10-12-8-6-7-9-13(12)15(19)17-16(2,3)4/h6-11H,5H2,1-4H3,(H,17,19)/b11-10+. The number of benzene rings is 1. The second-order valence-electron chi connectivity index (χ2n) is 5.38. The molecule has 0 saturated carbocycles. The number of amides is 1. The van der Waals surface area contributed by atoms with Crippen molar-refractivity contribution in [3.63, 3.8) is 0 Å². The van der Waals surface area contributed by atoms with Gasteiger partial charge in [0.2, 0.25) is 0 Å². The van der Waals surface area contributed by atoms with E-state index in [1.165, 1.54) is 6.08 Å². The SMILES string of the molecule is CCOC(=O)/C=C/c1ccccc1C(=O)NC(C)(C)C. The fraction of sp³-hybridized carbons (Fsp3) is 0.375. The van der Waals surface area contributed by atoms with Crippen molar-refractivity contribution in [1.82, 2.24) is 5.32 Å². The lowest BCUT2D eigenvalue weighted by Crippen LogP contribution is -2.40. The number of esters is 1. The highest BCUT2D eigenvalue weighted by molar-refractivity contribution is 5.99. The third-order valence-corrected chi connectivity index (χ3v) is 2.38. The Morgan fingerprint density at radius 2 is 1.90 bits per heavy atom. The number of hydrogen-bond donors (Lipinski definition) is 1. The van der Waals surface area contributed by atoms with Crippen molar-refractivity contribution in [1.29, 1.82) is 0 Å². The average molecular weight is 275 g/mol. The Morgan fingerprint density at radius 3 is 2.50 bits per heavy atom. The second kappa shape index (κ2) is 6.89. The summed E-state index contributed by atoms with van der Waals surface area (Å²) in [5.74, 6) is -0.583. The first-order chi connectivity index (χ1) is 9.33. The zero-order valence-corrected chi connectivity index (χ0v) is 12.4. The number of ether oxygens (including phenoxy) is 1. The van der Waals surface area contributed by atoms with Crippen molar-refractivity contribution in [2.45, 2.75) is 33.2 Å². The van der Waals surface area contributed by atoms with Crippen LogP contribution in [0, 0.1) is 0 Å². The van der Waals surface area contributed by atoms with Crippen molar-refractivity contribution >= 4 is 18.0 Å². The van der Waals surface area contributed by atoms with E-state index in [9.17, 15) is 9.59 Å². The third kappa shape index (κ3) is 5.26. The average Bonchev–Trinajstić information content (AvgIpc) is 2.35. The highest BCUT2D eigenvalue weighted by Crippen LogP contribution is 2.12. The smallest absolute Gasteiger partial charge is 0.330 e. The van der Waals surface area contributed by atoms with Crippen LogP contribution < -0.4 is 5.32 Å². The van der Waals surface area contributed by atoms with Gasteiger partial charge in [-0.3, -0.25) is 4.79 Å². The van der Waals surface area contributed by atoms with Gasteiger partial charge in [-0.05, 0) is 45.4 Å². The van der Waals surface area contributed by atoms with E-state index < -0.39 is 5.97 Å². The summed E-state index contributed by atoms with van der Waals surface area (Å²) in [6.07, 6.45) is 2.92. The van der Waals surface area contributed by atoms with Gasteiger partial charge in [-0.2, -0.15) is 0 Å². The van der Waals surface area contributed by atoms with Gasteiger partial charge in [0.15, 0.2) is 0 Å². The monoisotopic (exact) mass is 275 g/mol. The maximum absolute atomic E-state index is 12.2. The first kappa shape index (κ1) is 16.0. The number of rotatable bonds is 4. The van der Waals surface area contributed by atoms with Crippen LogP contribution in [-0.2, 0) is 9.53 Å². The molecule has 1 aromatic rings. The van der Waals surface area contributed by atoms with Crippen LogP contribution in [-0.4, -0.2) is 24.0 Å². The van der Waals surface area contributed by atoms with Gasteiger partial charge in [-0.25, -0.2) is 4.79 Å². The molecule has 0 heterocycles. The third-order valence-electron chi connectivity index (χ3n) is 2.38. The zero-order chi connectivity index (χ0) is 15.2. The van der Waals surface area contributed by atoms with Crippen molar-refractivity contribution in [3.05, 3.63) is 41.5 Å². The Bertz CT molecular complexity index is 513. The molecule has 0 atom stereocenters. The summed E-state index contributed by atoms with van der Waals surface area (Å²) in [5.41, 5.74) is 0.903. The van der Waals surface area contributed by atoms with Crippen LogP contribution in [0.1, 0.15) is 43.6 Å². The number of hydrogen-bond acceptors (Lipinski definition) is 3. The molecule has 0 fully saturated rings. The quantitative estimate of drug-likeness (QED) is 0.679. The molecule has 0 aliphatic heterocycles. The number of carbonyl (C=O) groups excluding carboxylic acids is 2. The van der Waals surface area contributed by atoms with Gasteiger partial charge in [-0.1, -0.05) is 18.2 Å². The molecule has 0 aliphatic rings. The Kier molecular flexibility index (Phi) is 5.50. The minimum Gasteiger partial charge on any atom is -0.463 e. The fourth-order valence-corrected chi connectivity index (χ4v) is 1.61. The van der Waals surface area contributed by atoms with Crippen LogP contribution in [0.15, 0.2) is 30.3 Å². The van der Waals surface area contributed by atoms with Crippen LogP contribution in [0.5, 0.6) is 0 Å². The lowest BCUT2D eigenvalue weighted by Gasteiger charge is -2.21. The normalized spacial score (nSPS) is 11.4. The first-order valence-corrected chi connectivity index (χ1v) is 6.60. The van der Waals surface area contributed by atoms with Gasteiger partial charge < -0.3 is 10.1 Å². The lowest BCUT2D eigenvalue weighted by molar-refractivity contribution is -0.137. The van der Waals surface area contributed by atoms with Gasteiger partial charge >= 0.3 is 5.97 Å². The molecule has 1 amide bonds. The van der Waals surface area contributed by atoms with Crippen LogP contribution in [0.4, 0.5) is 0 Å². The summed E-state index contributed by atoms with van der Waals surface area (Å²) in [6, 6.07) is 7.12. The van der Waals surface area contributed by atoms with E-state index in [-0.39, 0.29) is 11.4 Å². The van der Waals surface area contributed by atoms with E-state index in [1.807, 2.05) is 26.8 Å². The first-order valence-electron chi connectivity index (χ1n) is 6.60. The maximum Gasteiger partial charge on any atom is 0.330 e. The molecular formula is C16H21NO3. The van der Waals surface area contributed by atoms with Gasteiger partial charge in [0, 0.05) is 17.2 Å². The maximum atomic E-state index is 12.2. The molecule has 0 spiro atoms. The molecule has 20 heavy (non-hydrogen) atoms. The summed E-state index contributed by atoms with van der Waals surface area (Å²) in [4.78, 5) is 23.5. The molecule has 0 bridgehead atoms. The fourth-order valence-electron chi connectivity index (χ4n) is 1.61. The Labute approximate surface area is 119 Å². The molecule has 4 heteroatoms. The topological polar surface area (TPSA) is 55.4 Å². The summed E-state index contributed by atoms with van der Waals surface area (Å²) < 4.78 is 4.82. The van der Waals surface area contributed by atoms with Crippen molar-refractivity contribution in [2.75, 3.05) is 6.61 Å². The summed E-state index contributed by atoms with van der Waals surface area (Å²) in [5, 5.41) is 2.90. The number of carbonyl (C=O) groups is 2. The van der Waals surface area contributed by atoms with Gasteiger partial charge in [0.05, 0.1) is 6.61 Å². The molecule has 0 aromatic heterocycles. The summed E-state index contributed by atoms with van der Waals surface area (Å²) in [7, 11) is 0. The van der Waals surface area contributed by atoms with E-state index in [1.54, 1.807) is 31.2 Å². The van der Waals surface area contributed by atoms with Crippen LogP contribution >= 0.6 is 0 Å². The molecular weight excluding hydrogens is 254 g/mol. The minimum absolute atomic E-state index is 0.165. The van der Waals surface area contributed by atoms with E-state index >= 15 is 0 Å². The van der Waals surface area contributed by atoms with E-state index in [4.69, 9.17) is 4.74 Å². The van der Waals surface area contributed by atoms with Crippen molar-refractivity contribution in [2.24, 2.45) is 0 Å². The molecule has 108 valence electrons. The summed E-state index contributed by atoms with van der Waals surface area (Å²) >= 11 is 0. The summed E-state index contributed by atoms with van der Waals surface area (Å²) in [6.45, 7) is 7.83. The molecule has 4 nitrogen and oxygen atoms in total. The van der Waals surface area contributed by atoms with Crippen LogP contribution in [0.25, 0.3) is 6.08 Å². The molecule has 0 aliphatic carbocycles. The minimum atomic E-state index is -0.418. The molecule has 1 aromatic carbocycles. The Balaban J connectivity index is 2.94. The Hall–Kier alpha value is -2.10. The molecule has 0 unspecified atom stereocenters. The lowest BCUT2D eigenvalue weighted by atomic mass is 10.0. The second-order valence-corrected chi connectivity index (χ2v) is 5.38. The van der Waals surface area contributed by atoms with Crippen molar-refractivity contribution in [3.8, 4) is 0 Å². The van der Waals surface area contributed by atoms with E-state index in [0.29, 0.717) is 17.7 Å². The van der Waals surface area contributed by atoms with E-state index in [2.05, 4.69) is 5.32 Å². The van der Waals surface area contributed by atoms with E-state index in [0.717, 1.165) is 0 Å². The number of nitrogens with one attached hydrogen (secondary N) is 1. The highest BCUT2D eigenvalue weighted by atomic mass is 16.5. The molecule has 0 radical (unpaired) electrons. The molecule has 0 saturated heterocycles. The largest absolute Gasteiger partial charge is 0.463 e. The van der Waals surface area contributed by atoms with Crippen LogP contribution in [0.3, 0.4) is 0 Å². The predicted octanol–water partition coefficient (Wildman–Crippen LogP) is 2.79. The van der Waals surface area contributed by atoms with Gasteiger partial charge in [0.25, 0.3) is 5.91 Å².